The summed E-state index contributed by atoms with van der Waals surface area (Å²) in [5.74, 6) is 1.34. The van der Waals surface area contributed by atoms with Gasteiger partial charge in [-0.25, -0.2) is 5.43 Å². The molecule has 9 nitrogen and oxygen atoms in total. The third-order valence-corrected chi connectivity index (χ3v) is 11.9. The highest BCUT2D eigenvalue weighted by Gasteiger charge is 2.65. The molecule has 0 aromatic heterocycles. The molecule has 0 heterocycles. The van der Waals surface area contributed by atoms with Crippen molar-refractivity contribution in [2.45, 2.75) is 96.9 Å². The number of aliphatic hydroxyl groups is 3. The molecule has 5 rings (SSSR count). The van der Waals surface area contributed by atoms with Crippen molar-refractivity contribution in [3.8, 4) is 0 Å². The molecule has 4 aliphatic carbocycles. The van der Waals surface area contributed by atoms with Crippen LogP contribution in [0.15, 0.2) is 29.4 Å². The van der Waals surface area contributed by atoms with Crippen molar-refractivity contribution in [2.24, 2.45) is 51.4 Å². The largest absolute Gasteiger partial charge is 0.393 e. The smallest absolute Gasteiger partial charge is 0.269 e. The monoisotopic (exact) mass is 555 g/mol. The van der Waals surface area contributed by atoms with Crippen LogP contribution >= 0.6 is 0 Å². The first-order valence-electron chi connectivity index (χ1n) is 15.1. The maximum absolute atomic E-state index is 12.5. The lowest BCUT2D eigenvalue weighted by atomic mass is 9.43. The summed E-state index contributed by atoms with van der Waals surface area (Å²) in [5, 5.41) is 48.3. The number of hydrogen-bond donors (Lipinski definition) is 4. The maximum Gasteiger partial charge on any atom is 0.269 e. The molecule has 4 fully saturated rings. The minimum absolute atomic E-state index is 0.00170. The summed E-state index contributed by atoms with van der Waals surface area (Å²) in [4.78, 5) is 22.9. The normalized spacial score (nSPS) is 41.5. The van der Waals surface area contributed by atoms with Crippen LogP contribution in [0.5, 0.6) is 0 Å². The van der Waals surface area contributed by atoms with Crippen LogP contribution in [0.1, 0.15) is 84.1 Å². The van der Waals surface area contributed by atoms with Crippen molar-refractivity contribution in [1.82, 2.24) is 5.43 Å². The Kier molecular flexibility index (Phi) is 8.12. The molecule has 0 saturated heterocycles. The van der Waals surface area contributed by atoms with E-state index < -0.39 is 17.1 Å². The molecule has 11 atom stereocenters. The van der Waals surface area contributed by atoms with Gasteiger partial charge in [-0.15, -0.1) is 0 Å². The molecule has 0 unspecified atom stereocenters. The summed E-state index contributed by atoms with van der Waals surface area (Å²) in [6, 6.07) is 5.95. The lowest BCUT2D eigenvalue weighted by Gasteiger charge is -2.63. The van der Waals surface area contributed by atoms with E-state index in [1.165, 1.54) is 18.3 Å². The quantitative estimate of drug-likeness (QED) is 0.223. The minimum atomic E-state index is -0.461. The molecular formula is C31H45N3O6. The van der Waals surface area contributed by atoms with E-state index in [9.17, 15) is 30.2 Å². The summed E-state index contributed by atoms with van der Waals surface area (Å²) in [7, 11) is 0. The number of carbonyl (C=O) groups is 1. The second kappa shape index (κ2) is 11.1. The van der Waals surface area contributed by atoms with Crippen LogP contribution in [-0.4, -0.2) is 50.7 Å². The Morgan fingerprint density at radius 3 is 2.55 bits per heavy atom. The number of aliphatic hydroxyl groups excluding tert-OH is 3. The average Bonchev–Trinajstić information content (AvgIpc) is 3.27. The summed E-state index contributed by atoms with van der Waals surface area (Å²) in [6.45, 7) is 6.76. The van der Waals surface area contributed by atoms with Gasteiger partial charge in [0.2, 0.25) is 5.91 Å². The fourth-order valence-corrected chi connectivity index (χ4v) is 9.61. The number of nitrogens with one attached hydrogen (secondary N) is 1. The number of rotatable bonds is 7. The number of hydrazone groups is 1. The van der Waals surface area contributed by atoms with E-state index in [2.05, 4.69) is 31.3 Å². The Labute approximate surface area is 236 Å². The van der Waals surface area contributed by atoms with E-state index in [0.717, 1.165) is 38.5 Å². The standard InChI is InChI=1S/C31H45N3O6/c1-18(4-11-28(38)33-32-17-19-5-7-21(8-6-19)34(39)40)23-9-10-24-29-25(16-27(37)31(23,24)3)30(2)13-12-22(35)14-20(30)15-26(29)36/h5-8,17-18,20,22-27,29,35-37H,4,9-16H2,1-3H3,(H,33,38)/b32-17+/t18-,20+,22-,23-,24+,25+,26-,27+,29+,30+,31-/m1/s1. The first kappa shape index (κ1) is 29.1. The molecule has 0 aliphatic heterocycles. The summed E-state index contributed by atoms with van der Waals surface area (Å²) in [5.41, 5.74) is 2.99. The van der Waals surface area contributed by atoms with E-state index in [0.29, 0.717) is 30.7 Å². The maximum atomic E-state index is 12.5. The Morgan fingerprint density at radius 2 is 1.85 bits per heavy atom. The number of benzene rings is 1. The summed E-state index contributed by atoms with van der Waals surface area (Å²) < 4.78 is 0. The van der Waals surface area contributed by atoms with Crippen LogP contribution in [0.4, 0.5) is 5.69 Å². The predicted octanol–water partition coefficient (Wildman–Crippen LogP) is 4.42. The van der Waals surface area contributed by atoms with Crippen molar-refractivity contribution < 1.29 is 25.0 Å². The number of fused-ring (bicyclic) bond motifs is 5. The number of hydrogen-bond acceptors (Lipinski definition) is 7. The highest BCUT2D eigenvalue weighted by Crippen LogP contribution is 2.68. The van der Waals surface area contributed by atoms with Crippen LogP contribution < -0.4 is 5.43 Å². The lowest BCUT2D eigenvalue weighted by molar-refractivity contribution is -0.384. The Morgan fingerprint density at radius 1 is 1.12 bits per heavy atom. The molecule has 4 aliphatic rings. The fraction of sp³-hybridized carbons (Fsp3) is 0.742. The highest BCUT2D eigenvalue weighted by molar-refractivity contribution is 5.82. The third-order valence-electron chi connectivity index (χ3n) is 11.9. The van der Waals surface area contributed by atoms with E-state index >= 15 is 0 Å². The van der Waals surface area contributed by atoms with Crippen molar-refractivity contribution >= 4 is 17.8 Å². The van der Waals surface area contributed by atoms with Gasteiger partial charge in [0.1, 0.15) is 0 Å². The zero-order valence-corrected chi connectivity index (χ0v) is 23.9. The van der Waals surface area contributed by atoms with Crippen LogP contribution in [0, 0.1) is 56.5 Å². The predicted molar refractivity (Wildman–Crippen MR) is 151 cm³/mol. The molecule has 4 N–H and O–H groups in total. The molecule has 0 spiro atoms. The molecule has 1 amide bonds. The van der Waals surface area contributed by atoms with Crippen LogP contribution in [0.3, 0.4) is 0 Å². The van der Waals surface area contributed by atoms with Gasteiger partial charge < -0.3 is 15.3 Å². The second-order valence-corrected chi connectivity index (χ2v) is 13.7. The third kappa shape index (κ3) is 5.09. The molecule has 9 heteroatoms. The van der Waals surface area contributed by atoms with Gasteiger partial charge in [0.25, 0.3) is 5.69 Å². The van der Waals surface area contributed by atoms with Crippen molar-refractivity contribution in [3.63, 3.8) is 0 Å². The first-order chi connectivity index (χ1) is 18.9. The van der Waals surface area contributed by atoms with Gasteiger partial charge in [0, 0.05) is 18.6 Å². The minimum Gasteiger partial charge on any atom is -0.393 e. The highest BCUT2D eigenvalue weighted by atomic mass is 16.6. The molecule has 1 aromatic carbocycles. The van der Waals surface area contributed by atoms with Crippen LogP contribution in [0.2, 0.25) is 0 Å². The number of amides is 1. The zero-order valence-electron chi connectivity index (χ0n) is 23.9. The average molecular weight is 556 g/mol. The fourth-order valence-electron chi connectivity index (χ4n) is 9.61. The van der Waals surface area contributed by atoms with Gasteiger partial charge in [0.05, 0.1) is 29.4 Å². The van der Waals surface area contributed by atoms with Gasteiger partial charge in [-0.3, -0.25) is 14.9 Å². The Balaban J connectivity index is 1.20. The lowest BCUT2D eigenvalue weighted by Crippen LogP contribution is -2.62. The van der Waals surface area contributed by atoms with Crippen molar-refractivity contribution in [1.29, 1.82) is 0 Å². The number of nitro groups is 1. The first-order valence-corrected chi connectivity index (χ1v) is 15.1. The van der Waals surface area contributed by atoms with Crippen LogP contribution in [0.25, 0.3) is 0 Å². The SMILES string of the molecule is C[C@H](CCC(=O)N/N=C/c1ccc([N+](=O)[O-])cc1)[C@H]1CC[C@H]2[C@@H]3[C@H](O)C[C@@H]4C[C@H](O)CC[C@]4(C)[C@H]3C[C@H](O)[C@]12C. The van der Waals surface area contributed by atoms with Crippen molar-refractivity contribution in [3.05, 3.63) is 39.9 Å². The van der Waals surface area contributed by atoms with Crippen molar-refractivity contribution in [2.75, 3.05) is 0 Å². The molecule has 4 saturated carbocycles. The zero-order chi connectivity index (χ0) is 28.8. The topological polar surface area (TPSA) is 145 Å². The Bertz CT molecular complexity index is 1130. The van der Waals surface area contributed by atoms with Gasteiger partial charge >= 0.3 is 0 Å². The molecule has 40 heavy (non-hydrogen) atoms. The van der Waals surface area contributed by atoms with Gasteiger partial charge in [-0.2, -0.15) is 5.10 Å². The second-order valence-electron chi connectivity index (χ2n) is 13.7. The molecular weight excluding hydrogens is 510 g/mol. The summed E-state index contributed by atoms with van der Waals surface area (Å²) >= 11 is 0. The molecule has 1 aromatic rings. The van der Waals surface area contributed by atoms with E-state index in [1.54, 1.807) is 12.1 Å². The summed E-state index contributed by atoms with van der Waals surface area (Å²) in [6.07, 6.45) is 7.35. The van der Waals surface area contributed by atoms with Gasteiger partial charge in [-0.1, -0.05) is 20.8 Å². The Hall–Kier alpha value is -2.36. The van der Waals surface area contributed by atoms with E-state index in [4.69, 9.17) is 0 Å². The number of non-ortho nitro benzene ring substituents is 1. The molecule has 0 radical (unpaired) electrons. The van der Waals surface area contributed by atoms with Crippen LogP contribution in [-0.2, 0) is 4.79 Å². The van der Waals surface area contributed by atoms with E-state index in [1.807, 2.05) is 0 Å². The number of nitrogens with zero attached hydrogens (tertiary/aromatic N) is 2. The number of carbonyl (C=O) groups excluding carboxylic acids is 1. The molecule has 220 valence electrons. The number of nitro benzene ring substituents is 1. The van der Waals surface area contributed by atoms with Gasteiger partial charge in [0.15, 0.2) is 0 Å². The molecule has 0 bridgehead atoms. The van der Waals surface area contributed by atoms with E-state index in [-0.39, 0.29) is 58.1 Å². The van der Waals surface area contributed by atoms with Gasteiger partial charge in [-0.05, 0) is 115 Å².